The molecule has 0 saturated carbocycles. The van der Waals surface area contributed by atoms with Gasteiger partial charge in [0, 0.05) is 5.41 Å². The van der Waals surface area contributed by atoms with E-state index in [2.05, 4.69) is 9.78 Å². The van der Waals surface area contributed by atoms with E-state index in [1.165, 1.54) is 7.11 Å². The van der Waals surface area contributed by atoms with Crippen LogP contribution in [-0.2, 0) is 9.78 Å². The average Bonchev–Trinajstić information content (AvgIpc) is 1.84. The highest BCUT2D eigenvalue weighted by Gasteiger charge is 2.16. The van der Waals surface area contributed by atoms with Gasteiger partial charge in [0.2, 0.25) is 0 Å². The molecular formula is C6H14O3. The molecule has 0 atom stereocenters. The molecule has 0 spiro atoms. The van der Waals surface area contributed by atoms with Crippen molar-refractivity contribution in [3.05, 3.63) is 0 Å². The van der Waals surface area contributed by atoms with Crippen LogP contribution in [0, 0.1) is 5.41 Å². The summed E-state index contributed by atoms with van der Waals surface area (Å²) in [5, 5.41) is 8.69. The molecule has 0 unspecified atom stereocenters. The molecule has 0 aromatic heterocycles. The topological polar surface area (TPSA) is 38.7 Å². The molecule has 0 aromatic rings. The lowest BCUT2D eigenvalue weighted by Crippen LogP contribution is -2.23. The summed E-state index contributed by atoms with van der Waals surface area (Å²) in [4.78, 5) is 9.00. The standard InChI is InChI=1S/C6H14O3/c1-6(2,4-7)5-9-8-3/h7H,4-5H2,1-3H3. The van der Waals surface area contributed by atoms with Gasteiger partial charge in [-0.15, -0.1) is 0 Å². The first-order valence-electron chi connectivity index (χ1n) is 2.89. The first-order chi connectivity index (χ1) is 4.12. The van der Waals surface area contributed by atoms with Gasteiger partial charge in [-0.25, -0.2) is 9.78 Å². The van der Waals surface area contributed by atoms with Gasteiger partial charge in [0.25, 0.3) is 0 Å². The van der Waals surface area contributed by atoms with Crippen molar-refractivity contribution < 1.29 is 14.9 Å². The summed E-state index contributed by atoms with van der Waals surface area (Å²) >= 11 is 0. The van der Waals surface area contributed by atoms with Gasteiger partial charge in [0.1, 0.15) is 0 Å². The van der Waals surface area contributed by atoms with Crippen LogP contribution in [0.1, 0.15) is 13.8 Å². The molecule has 0 aromatic carbocycles. The Morgan fingerprint density at radius 2 is 2.00 bits per heavy atom. The molecule has 0 fully saturated rings. The van der Waals surface area contributed by atoms with Crippen LogP contribution in [0.25, 0.3) is 0 Å². The van der Waals surface area contributed by atoms with Crippen molar-refractivity contribution in [1.29, 1.82) is 0 Å². The van der Waals surface area contributed by atoms with Crippen LogP contribution < -0.4 is 0 Å². The Morgan fingerprint density at radius 1 is 1.44 bits per heavy atom. The van der Waals surface area contributed by atoms with Gasteiger partial charge in [-0.05, 0) is 0 Å². The Kier molecular flexibility index (Phi) is 3.77. The monoisotopic (exact) mass is 134 g/mol. The Balaban J connectivity index is 3.33. The van der Waals surface area contributed by atoms with Crippen molar-refractivity contribution in [2.75, 3.05) is 20.3 Å². The lowest BCUT2D eigenvalue weighted by Gasteiger charge is -2.19. The predicted molar refractivity (Wildman–Crippen MR) is 33.8 cm³/mol. The summed E-state index contributed by atoms with van der Waals surface area (Å²) in [6, 6.07) is 0. The van der Waals surface area contributed by atoms with Crippen LogP contribution in [0.4, 0.5) is 0 Å². The lowest BCUT2D eigenvalue weighted by atomic mass is 9.97. The molecule has 56 valence electrons. The molecule has 9 heavy (non-hydrogen) atoms. The summed E-state index contributed by atoms with van der Waals surface area (Å²) in [6.45, 7) is 4.31. The first kappa shape index (κ1) is 8.88. The number of rotatable bonds is 4. The molecule has 3 heteroatoms. The van der Waals surface area contributed by atoms with Crippen molar-refractivity contribution in [3.63, 3.8) is 0 Å². The fraction of sp³-hybridized carbons (Fsp3) is 1.00. The largest absolute Gasteiger partial charge is 0.396 e. The molecule has 0 radical (unpaired) electrons. The summed E-state index contributed by atoms with van der Waals surface area (Å²) < 4.78 is 0. The van der Waals surface area contributed by atoms with E-state index in [0.717, 1.165) is 0 Å². The van der Waals surface area contributed by atoms with Gasteiger partial charge in [-0.3, -0.25) is 0 Å². The Hall–Kier alpha value is -0.120. The number of hydrogen-bond donors (Lipinski definition) is 1. The van der Waals surface area contributed by atoms with Gasteiger partial charge in [-0.2, -0.15) is 0 Å². The number of hydrogen-bond acceptors (Lipinski definition) is 3. The minimum absolute atomic E-state index is 0.107. The Bertz CT molecular complexity index is 70.7. The zero-order valence-electron chi connectivity index (χ0n) is 6.18. The molecule has 0 aliphatic rings. The van der Waals surface area contributed by atoms with Gasteiger partial charge in [0.15, 0.2) is 0 Å². The smallest absolute Gasteiger partial charge is 0.0895 e. The Morgan fingerprint density at radius 3 is 2.33 bits per heavy atom. The molecule has 0 saturated heterocycles. The van der Waals surface area contributed by atoms with Gasteiger partial charge < -0.3 is 5.11 Å². The van der Waals surface area contributed by atoms with E-state index in [1.807, 2.05) is 13.8 Å². The van der Waals surface area contributed by atoms with Crippen molar-refractivity contribution in [2.24, 2.45) is 5.41 Å². The van der Waals surface area contributed by atoms with E-state index in [1.54, 1.807) is 0 Å². The normalized spacial score (nSPS) is 12.0. The maximum Gasteiger partial charge on any atom is 0.0895 e. The van der Waals surface area contributed by atoms with Crippen LogP contribution in [0.3, 0.4) is 0 Å². The maximum absolute atomic E-state index is 8.69. The van der Waals surface area contributed by atoms with Crippen LogP contribution in [-0.4, -0.2) is 25.4 Å². The zero-order chi connectivity index (χ0) is 7.33. The van der Waals surface area contributed by atoms with Crippen LogP contribution >= 0.6 is 0 Å². The minimum atomic E-state index is -0.198. The van der Waals surface area contributed by atoms with E-state index in [4.69, 9.17) is 5.11 Å². The highest BCUT2D eigenvalue weighted by atomic mass is 17.2. The summed E-state index contributed by atoms with van der Waals surface area (Å²) in [5.41, 5.74) is -0.198. The second-order valence-corrected chi connectivity index (χ2v) is 2.75. The SMILES string of the molecule is COOCC(C)(C)CO. The van der Waals surface area contributed by atoms with E-state index in [-0.39, 0.29) is 12.0 Å². The van der Waals surface area contributed by atoms with Crippen LogP contribution in [0.2, 0.25) is 0 Å². The van der Waals surface area contributed by atoms with E-state index in [9.17, 15) is 0 Å². The highest BCUT2D eigenvalue weighted by molar-refractivity contribution is 4.63. The third kappa shape index (κ3) is 4.39. The fourth-order valence-electron chi connectivity index (χ4n) is 0.264. The highest BCUT2D eigenvalue weighted by Crippen LogP contribution is 2.12. The van der Waals surface area contributed by atoms with Crippen molar-refractivity contribution in [3.8, 4) is 0 Å². The van der Waals surface area contributed by atoms with E-state index >= 15 is 0 Å². The third-order valence-corrected chi connectivity index (χ3v) is 0.996. The van der Waals surface area contributed by atoms with E-state index in [0.29, 0.717) is 6.61 Å². The molecular weight excluding hydrogens is 120 g/mol. The summed E-state index contributed by atoms with van der Waals surface area (Å²) in [6.07, 6.45) is 0. The van der Waals surface area contributed by atoms with Gasteiger partial charge >= 0.3 is 0 Å². The molecule has 0 amide bonds. The van der Waals surface area contributed by atoms with E-state index < -0.39 is 0 Å². The summed E-state index contributed by atoms with van der Waals surface area (Å²) in [5.74, 6) is 0. The average molecular weight is 134 g/mol. The zero-order valence-corrected chi connectivity index (χ0v) is 6.18. The molecule has 1 N–H and O–H groups in total. The second-order valence-electron chi connectivity index (χ2n) is 2.75. The molecule has 0 heterocycles. The van der Waals surface area contributed by atoms with Crippen LogP contribution in [0.15, 0.2) is 0 Å². The quantitative estimate of drug-likeness (QED) is 0.451. The molecule has 0 aliphatic heterocycles. The number of aliphatic hydroxyl groups excluding tert-OH is 1. The van der Waals surface area contributed by atoms with Crippen LogP contribution in [0.5, 0.6) is 0 Å². The molecule has 0 rings (SSSR count). The minimum Gasteiger partial charge on any atom is -0.396 e. The maximum atomic E-state index is 8.69. The number of aliphatic hydroxyl groups is 1. The summed E-state index contributed by atoms with van der Waals surface area (Å²) in [7, 11) is 1.45. The Labute approximate surface area is 55.5 Å². The molecule has 0 bridgehead atoms. The predicted octanol–water partition coefficient (Wildman–Crippen LogP) is 0.583. The first-order valence-corrected chi connectivity index (χ1v) is 2.89. The lowest BCUT2D eigenvalue weighted by molar-refractivity contribution is -0.289. The van der Waals surface area contributed by atoms with Crippen molar-refractivity contribution in [2.45, 2.75) is 13.8 Å². The van der Waals surface area contributed by atoms with Crippen molar-refractivity contribution in [1.82, 2.24) is 0 Å². The molecule has 3 nitrogen and oxygen atoms in total. The van der Waals surface area contributed by atoms with Crippen molar-refractivity contribution >= 4 is 0 Å². The fourth-order valence-corrected chi connectivity index (χ4v) is 0.264. The third-order valence-electron chi connectivity index (χ3n) is 0.996. The molecule has 0 aliphatic carbocycles. The van der Waals surface area contributed by atoms with Gasteiger partial charge in [0.05, 0.1) is 20.3 Å². The second kappa shape index (κ2) is 3.82. The van der Waals surface area contributed by atoms with Gasteiger partial charge in [-0.1, -0.05) is 13.8 Å².